The van der Waals surface area contributed by atoms with Gasteiger partial charge in [-0.05, 0) is 24.3 Å². The number of carboxylic acid groups (broad SMARTS) is 1. The zero-order valence-electron chi connectivity index (χ0n) is 14.3. The van der Waals surface area contributed by atoms with Crippen molar-refractivity contribution < 1.29 is 27.8 Å². The van der Waals surface area contributed by atoms with Crippen LogP contribution >= 0.6 is 23.3 Å². The number of anilines is 1. The molecule has 0 aliphatic rings. The molecular formula is C18H13F3N2O3S2. The highest BCUT2D eigenvalue weighted by Gasteiger charge is 2.34. The zero-order valence-corrected chi connectivity index (χ0v) is 15.9. The molecule has 0 fully saturated rings. The Morgan fingerprint density at radius 2 is 2.00 bits per heavy atom. The molecule has 10 heteroatoms. The van der Waals surface area contributed by atoms with Gasteiger partial charge in [-0.25, -0.2) is 9.78 Å². The Morgan fingerprint density at radius 1 is 1.25 bits per heavy atom. The molecule has 0 aliphatic carbocycles. The molecule has 0 radical (unpaired) electrons. The highest BCUT2D eigenvalue weighted by molar-refractivity contribution is 8.00. The lowest BCUT2D eigenvalue weighted by molar-refractivity contribution is -0.137. The number of nitrogens with zero attached hydrogens (tertiary/aromatic N) is 1. The van der Waals surface area contributed by atoms with E-state index in [1.54, 1.807) is 11.4 Å². The molecule has 28 heavy (non-hydrogen) atoms. The third kappa shape index (κ3) is 4.39. The van der Waals surface area contributed by atoms with E-state index in [4.69, 9.17) is 9.84 Å². The van der Waals surface area contributed by atoms with E-state index in [1.807, 2.05) is 0 Å². The van der Waals surface area contributed by atoms with E-state index in [0.717, 1.165) is 29.4 Å². The first-order valence-electron chi connectivity index (χ1n) is 7.76. The van der Waals surface area contributed by atoms with Crippen molar-refractivity contribution in [2.75, 3.05) is 11.8 Å². The van der Waals surface area contributed by atoms with Gasteiger partial charge >= 0.3 is 12.1 Å². The Labute approximate surface area is 166 Å². The molecule has 0 atom stereocenters. The zero-order chi connectivity index (χ0) is 20.3. The number of nitrogens with one attached hydrogen (secondary N) is 1. The molecule has 1 heterocycles. The number of carboxylic acids is 1. The Morgan fingerprint density at radius 3 is 2.68 bits per heavy atom. The number of hydrogen-bond donors (Lipinski definition) is 2. The summed E-state index contributed by atoms with van der Waals surface area (Å²) < 4.78 is 47.7. The van der Waals surface area contributed by atoms with E-state index in [1.165, 1.54) is 37.4 Å². The number of aromatic nitrogens is 1. The van der Waals surface area contributed by atoms with Gasteiger partial charge in [0, 0.05) is 22.9 Å². The first-order chi connectivity index (χ1) is 13.3. The van der Waals surface area contributed by atoms with Crippen LogP contribution in [0.5, 0.6) is 5.75 Å². The van der Waals surface area contributed by atoms with Gasteiger partial charge in [-0.15, -0.1) is 11.3 Å². The van der Waals surface area contributed by atoms with Gasteiger partial charge in [0.1, 0.15) is 15.8 Å². The van der Waals surface area contributed by atoms with Crippen molar-refractivity contribution in [2.45, 2.75) is 11.2 Å². The second-order valence-corrected chi connectivity index (χ2v) is 7.14. The Hall–Kier alpha value is -2.72. The lowest BCUT2D eigenvalue weighted by atomic mass is 10.1. The van der Waals surface area contributed by atoms with Gasteiger partial charge in [0.05, 0.1) is 23.9 Å². The molecule has 0 amide bonds. The van der Waals surface area contributed by atoms with Crippen LogP contribution in [0.1, 0.15) is 15.9 Å². The standard InChI is InChI=1S/C18H13F3N2O3S2/c1-26-14-8-10(17(24)25)6-7-13(14)23-28-15-9-27-16(22-15)11-4-2-3-5-12(11)18(19,20)21/h2-9,23H,1H3,(H,24,25). The van der Waals surface area contributed by atoms with E-state index in [9.17, 15) is 18.0 Å². The number of rotatable bonds is 6. The number of hydrogen-bond acceptors (Lipinski definition) is 6. The van der Waals surface area contributed by atoms with Crippen LogP contribution in [0, 0.1) is 0 Å². The lowest BCUT2D eigenvalue weighted by Crippen LogP contribution is -2.06. The second-order valence-electron chi connectivity index (χ2n) is 5.46. The summed E-state index contributed by atoms with van der Waals surface area (Å²) in [7, 11) is 1.41. The van der Waals surface area contributed by atoms with E-state index in [0.29, 0.717) is 16.5 Å². The Bertz CT molecular complexity index is 1010. The highest BCUT2D eigenvalue weighted by Crippen LogP contribution is 2.39. The summed E-state index contributed by atoms with van der Waals surface area (Å²) in [6, 6.07) is 9.61. The molecular weight excluding hydrogens is 413 g/mol. The summed E-state index contributed by atoms with van der Waals surface area (Å²) in [5.74, 6) is -0.754. The molecule has 146 valence electrons. The summed E-state index contributed by atoms with van der Waals surface area (Å²) in [6.07, 6.45) is -4.47. The highest BCUT2D eigenvalue weighted by atomic mass is 32.2. The van der Waals surface area contributed by atoms with E-state index < -0.39 is 17.7 Å². The number of ether oxygens (including phenoxy) is 1. The molecule has 2 N–H and O–H groups in total. The first-order valence-corrected chi connectivity index (χ1v) is 9.45. The third-order valence-electron chi connectivity index (χ3n) is 3.66. The van der Waals surface area contributed by atoms with Crippen molar-refractivity contribution >= 4 is 34.9 Å². The summed E-state index contributed by atoms with van der Waals surface area (Å²) >= 11 is 2.19. The topological polar surface area (TPSA) is 71.5 Å². The van der Waals surface area contributed by atoms with Crippen molar-refractivity contribution in [3.8, 4) is 16.3 Å². The van der Waals surface area contributed by atoms with E-state index in [-0.39, 0.29) is 16.1 Å². The molecule has 0 unspecified atom stereocenters. The Kier molecular flexibility index (Phi) is 5.80. The number of halogens is 3. The van der Waals surface area contributed by atoms with Crippen LogP contribution in [0.2, 0.25) is 0 Å². The number of methoxy groups -OCH3 is 1. The van der Waals surface area contributed by atoms with E-state index in [2.05, 4.69) is 9.71 Å². The summed E-state index contributed by atoms with van der Waals surface area (Å²) in [5.41, 5.74) is -0.120. The molecule has 0 saturated carbocycles. The van der Waals surface area contributed by atoms with Gasteiger partial charge in [-0.2, -0.15) is 13.2 Å². The third-order valence-corrected chi connectivity index (χ3v) is 5.43. The van der Waals surface area contributed by atoms with Crippen LogP contribution in [0.3, 0.4) is 0 Å². The molecule has 5 nitrogen and oxygen atoms in total. The second kappa shape index (κ2) is 8.11. The number of thiazole rings is 1. The fourth-order valence-corrected chi connectivity index (χ4v) is 4.00. The van der Waals surface area contributed by atoms with Gasteiger partial charge < -0.3 is 14.6 Å². The minimum atomic E-state index is -4.47. The number of alkyl halides is 3. The van der Waals surface area contributed by atoms with Crippen molar-refractivity contribution in [1.29, 1.82) is 0 Å². The average molecular weight is 426 g/mol. The molecule has 0 spiro atoms. The molecule has 3 rings (SSSR count). The van der Waals surface area contributed by atoms with Crippen molar-refractivity contribution in [3.63, 3.8) is 0 Å². The maximum absolute atomic E-state index is 13.2. The number of benzene rings is 2. The summed E-state index contributed by atoms with van der Waals surface area (Å²) in [6.45, 7) is 0. The average Bonchev–Trinajstić information content (AvgIpc) is 3.14. The maximum Gasteiger partial charge on any atom is 0.417 e. The molecule has 0 aliphatic heterocycles. The SMILES string of the molecule is COc1cc(C(=O)O)ccc1NSc1csc(-c2ccccc2C(F)(F)F)n1. The minimum Gasteiger partial charge on any atom is -0.495 e. The van der Waals surface area contributed by atoms with Crippen LogP contribution in [-0.2, 0) is 6.18 Å². The predicted octanol–water partition coefficient (Wildman–Crippen LogP) is 5.65. The largest absolute Gasteiger partial charge is 0.495 e. The monoisotopic (exact) mass is 426 g/mol. The summed E-state index contributed by atoms with van der Waals surface area (Å²) in [4.78, 5) is 15.3. The van der Waals surface area contributed by atoms with Crippen LogP contribution < -0.4 is 9.46 Å². The summed E-state index contributed by atoms with van der Waals surface area (Å²) in [5, 5.41) is 11.4. The quantitative estimate of drug-likeness (QED) is 0.496. The fourth-order valence-electron chi connectivity index (χ4n) is 2.36. The predicted molar refractivity (Wildman–Crippen MR) is 102 cm³/mol. The van der Waals surface area contributed by atoms with E-state index >= 15 is 0 Å². The van der Waals surface area contributed by atoms with Gasteiger partial charge in [0.2, 0.25) is 0 Å². The van der Waals surface area contributed by atoms with Crippen molar-refractivity contribution in [3.05, 3.63) is 59.0 Å². The fraction of sp³-hybridized carbons (Fsp3) is 0.111. The first kappa shape index (κ1) is 20.0. The van der Waals surface area contributed by atoms with Crippen molar-refractivity contribution in [1.82, 2.24) is 4.98 Å². The van der Waals surface area contributed by atoms with Gasteiger partial charge in [-0.1, -0.05) is 18.2 Å². The molecule has 0 bridgehead atoms. The minimum absolute atomic E-state index is 0.0234. The normalized spacial score (nSPS) is 11.3. The lowest BCUT2D eigenvalue weighted by Gasteiger charge is -2.11. The van der Waals surface area contributed by atoms with Crippen LogP contribution in [-0.4, -0.2) is 23.2 Å². The van der Waals surface area contributed by atoms with Crippen LogP contribution in [0.25, 0.3) is 10.6 Å². The Balaban J connectivity index is 1.79. The number of carbonyl (C=O) groups is 1. The van der Waals surface area contributed by atoms with Gasteiger partial charge in [0.25, 0.3) is 0 Å². The van der Waals surface area contributed by atoms with Gasteiger partial charge in [0.15, 0.2) is 0 Å². The maximum atomic E-state index is 13.2. The molecule has 2 aromatic carbocycles. The van der Waals surface area contributed by atoms with Gasteiger partial charge in [-0.3, -0.25) is 0 Å². The molecule has 0 saturated heterocycles. The number of aromatic carboxylic acids is 1. The van der Waals surface area contributed by atoms with Crippen LogP contribution in [0.15, 0.2) is 52.9 Å². The molecule has 3 aromatic rings. The smallest absolute Gasteiger partial charge is 0.417 e. The van der Waals surface area contributed by atoms with Crippen LogP contribution in [0.4, 0.5) is 18.9 Å². The molecule has 1 aromatic heterocycles. The van der Waals surface area contributed by atoms with Crippen molar-refractivity contribution in [2.24, 2.45) is 0 Å².